The highest BCUT2D eigenvalue weighted by Crippen LogP contribution is 2.27. The van der Waals surface area contributed by atoms with E-state index in [9.17, 15) is 0 Å². The lowest BCUT2D eigenvalue weighted by Gasteiger charge is -2.09. The zero-order valence-electron chi connectivity index (χ0n) is 10.5. The van der Waals surface area contributed by atoms with Gasteiger partial charge in [-0.05, 0) is 45.6 Å². The fraction of sp³-hybridized carbons (Fsp3) is 0.250. The van der Waals surface area contributed by atoms with Crippen molar-refractivity contribution in [3.05, 3.63) is 64.1 Å². The van der Waals surface area contributed by atoms with Gasteiger partial charge < -0.3 is 4.74 Å². The fourth-order valence-corrected chi connectivity index (χ4v) is 2.38. The molecular formula is C16H17BrO. The minimum absolute atomic E-state index is 0.604. The van der Waals surface area contributed by atoms with Gasteiger partial charge in [-0.15, -0.1) is 0 Å². The van der Waals surface area contributed by atoms with E-state index in [2.05, 4.69) is 47.1 Å². The van der Waals surface area contributed by atoms with Gasteiger partial charge in [0.25, 0.3) is 0 Å². The molecule has 0 aromatic heterocycles. The minimum Gasteiger partial charge on any atom is -0.488 e. The van der Waals surface area contributed by atoms with Crippen molar-refractivity contribution < 1.29 is 4.74 Å². The van der Waals surface area contributed by atoms with E-state index < -0.39 is 0 Å². The molecule has 0 radical (unpaired) electrons. The van der Waals surface area contributed by atoms with Crippen LogP contribution in [0.25, 0.3) is 0 Å². The average Bonchev–Trinajstić information content (AvgIpc) is 2.39. The largest absolute Gasteiger partial charge is 0.488 e. The maximum atomic E-state index is 5.81. The molecule has 0 spiro atoms. The van der Waals surface area contributed by atoms with Crippen molar-refractivity contribution in [2.45, 2.75) is 26.4 Å². The van der Waals surface area contributed by atoms with Crippen LogP contribution < -0.4 is 4.74 Å². The van der Waals surface area contributed by atoms with E-state index in [4.69, 9.17) is 4.74 Å². The first-order valence-corrected chi connectivity index (χ1v) is 7.04. The van der Waals surface area contributed by atoms with Crippen molar-refractivity contribution in [1.29, 1.82) is 0 Å². The van der Waals surface area contributed by atoms with E-state index in [0.29, 0.717) is 6.61 Å². The zero-order valence-corrected chi connectivity index (χ0v) is 12.1. The standard InChI is InChI=1S/C16H17BrO/c1-2-6-13-9-10-16(15(17)11-13)18-12-14-7-4-3-5-8-14/h3-5,7-11H,2,6,12H2,1H3. The van der Waals surface area contributed by atoms with Crippen molar-refractivity contribution in [2.24, 2.45) is 0 Å². The minimum atomic E-state index is 0.604. The molecule has 0 aliphatic heterocycles. The third-order valence-electron chi connectivity index (χ3n) is 2.77. The monoisotopic (exact) mass is 304 g/mol. The Morgan fingerprint density at radius 2 is 1.78 bits per heavy atom. The highest BCUT2D eigenvalue weighted by atomic mass is 79.9. The number of hydrogen-bond acceptors (Lipinski definition) is 1. The molecule has 1 nitrogen and oxygen atoms in total. The van der Waals surface area contributed by atoms with E-state index in [0.717, 1.165) is 23.1 Å². The smallest absolute Gasteiger partial charge is 0.134 e. The van der Waals surface area contributed by atoms with Crippen LogP contribution in [0, 0.1) is 0 Å². The third-order valence-corrected chi connectivity index (χ3v) is 3.39. The quantitative estimate of drug-likeness (QED) is 0.757. The second-order valence-electron chi connectivity index (χ2n) is 4.29. The van der Waals surface area contributed by atoms with Gasteiger partial charge in [-0.25, -0.2) is 0 Å². The van der Waals surface area contributed by atoms with Crippen molar-refractivity contribution in [2.75, 3.05) is 0 Å². The van der Waals surface area contributed by atoms with E-state index >= 15 is 0 Å². The third kappa shape index (κ3) is 3.61. The lowest BCUT2D eigenvalue weighted by atomic mass is 10.1. The number of ether oxygens (including phenoxy) is 1. The molecule has 2 aromatic carbocycles. The first kappa shape index (κ1) is 13.2. The molecule has 0 saturated carbocycles. The Bertz CT molecular complexity index is 494. The Labute approximate surface area is 117 Å². The molecule has 0 aliphatic rings. The lowest BCUT2D eigenvalue weighted by Crippen LogP contribution is -1.96. The average molecular weight is 305 g/mol. The van der Waals surface area contributed by atoms with Gasteiger partial charge >= 0.3 is 0 Å². The molecule has 0 amide bonds. The summed E-state index contributed by atoms with van der Waals surface area (Å²) in [7, 11) is 0. The summed E-state index contributed by atoms with van der Waals surface area (Å²) in [5, 5.41) is 0. The molecule has 0 unspecified atom stereocenters. The summed E-state index contributed by atoms with van der Waals surface area (Å²) in [6.45, 7) is 2.79. The summed E-state index contributed by atoms with van der Waals surface area (Å²) in [4.78, 5) is 0. The maximum Gasteiger partial charge on any atom is 0.134 e. The van der Waals surface area contributed by atoms with Gasteiger partial charge in [0.1, 0.15) is 12.4 Å². The molecule has 0 heterocycles. The molecule has 2 heteroatoms. The van der Waals surface area contributed by atoms with Crippen LogP contribution in [0.1, 0.15) is 24.5 Å². The van der Waals surface area contributed by atoms with E-state index in [1.165, 1.54) is 11.1 Å². The van der Waals surface area contributed by atoms with Crippen LogP contribution >= 0.6 is 15.9 Å². The van der Waals surface area contributed by atoms with E-state index in [1.54, 1.807) is 0 Å². The van der Waals surface area contributed by atoms with Gasteiger partial charge in [0.2, 0.25) is 0 Å². The number of halogens is 1. The van der Waals surface area contributed by atoms with Crippen molar-refractivity contribution in [3.8, 4) is 5.75 Å². The summed E-state index contributed by atoms with van der Waals surface area (Å²) < 4.78 is 6.84. The van der Waals surface area contributed by atoms with Crippen molar-refractivity contribution in [3.63, 3.8) is 0 Å². The Kier molecular flexibility index (Phi) is 4.82. The highest BCUT2D eigenvalue weighted by molar-refractivity contribution is 9.10. The van der Waals surface area contributed by atoms with Gasteiger partial charge in [0.15, 0.2) is 0 Å². The zero-order chi connectivity index (χ0) is 12.8. The highest BCUT2D eigenvalue weighted by Gasteiger charge is 2.02. The molecule has 0 N–H and O–H groups in total. The predicted molar refractivity (Wildman–Crippen MR) is 78.9 cm³/mol. The normalized spacial score (nSPS) is 10.3. The predicted octanol–water partition coefficient (Wildman–Crippen LogP) is 4.98. The van der Waals surface area contributed by atoms with Crippen LogP contribution in [0.3, 0.4) is 0 Å². The number of benzene rings is 2. The van der Waals surface area contributed by atoms with Gasteiger partial charge in [0, 0.05) is 0 Å². The second-order valence-corrected chi connectivity index (χ2v) is 5.14. The van der Waals surface area contributed by atoms with Crippen LogP contribution in [-0.4, -0.2) is 0 Å². The van der Waals surface area contributed by atoms with Crippen molar-refractivity contribution in [1.82, 2.24) is 0 Å². The van der Waals surface area contributed by atoms with Gasteiger partial charge in [-0.3, -0.25) is 0 Å². The van der Waals surface area contributed by atoms with Gasteiger partial charge in [-0.2, -0.15) is 0 Å². The molecule has 0 fully saturated rings. The van der Waals surface area contributed by atoms with Crippen LogP contribution in [0.5, 0.6) is 5.75 Å². The Morgan fingerprint density at radius 1 is 1.00 bits per heavy atom. The summed E-state index contributed by atoms with van der Waals surface area (Å²) in [5.41, 5.74) is 2.53. The Balaban J connectivity index is 2.01. The van der Waals surface area contributed by atoms with Crippen LogP contribution in [-0.2, 0) is 13.0 Å². The van der Waals surface area contributed by atoms with Crippen LogP contribution in [0.2, 0.25) is 0 Å². The van der Waals surface area contributed by atoms with E-state index in [-0.39, 0.29) is 0 Å². The second kappa shape index (κ2) is 6.60. The first-order chi connectivity index (χ1) is 8.79. The lowest BCUT2D eigenvalue weighted by molar-refractivity contribution is 0.304. The molecular weight excluding hydrogens is 288 g/mol. The Hall–Kier alpha value is -1.28. The van der Waals surface area contributed by atoms with E-state index in [1.807, 2.05) is 24.3 Å². The van der Waals surface area contributed by atoms with Gasteiger partial charge in [0.05, 0.1) is 4.47 Å². The summed E-state index contributed by atoms with van der Waals surface area (Å²) in [5.74, 6) is 0.902. The molecule has 2 rings (SSSR count). The molecule has 2 aromatic rings. The summed E-state index contributed by atoms with van der Waals surface area (Å²) >= 11 is 3.57. The van der Waals surface area contributed by atoms with Gasteiger partial charge in [-0.1, -0.05) is 49.7 Å². The van der Waals surface area contributed by atoms with Crippen LogP contribution in [0.4, 0.5) is 0 Å². The Morgan fingerprint density at radius 3 is 2.44 bits per heavy atom. The number of rotatable bonds is 5. The van der Waals surface area contributed by atoms with Crippen LogP contribution in [0.15, 0.2) is 53.0 Å². The molecule has 18 heavy (non-hydrogen) atoms. The summed E-state index contributed by atoms with van der Waals surface area (Å²) in [6.07, 6.45) is 2.27. The maximum absolute atomic E-state index is 5.81. The topological polar surface area (TPSA) is 9.23 Å². The molecule has 94 valence electrons. The number of hydrogen-bond donors (Lipinski definition) is 0. The van der Waals surface area contributed by atoms with Crippen molar-refractivity contribution >= 4 is 15.9 Å². The molecule has 0 atom stereocenters. The fourth-order valence-electron chi connectivity index (χ4n) is 1.84. The first-order valence-electron chi connectivity index (χ1n) is 6.24. The molecule has 0 saturated heterocycles. The number of aryl methyl sites for hydroxylation is 1. The summed E-state index contributed by atoms with van der Waals surface area (Å²) in [6, 6.07) is 16.5. The molecule has 0 aliphatic carbocycles. The SMILES string of the molecule is CCCc1ccc(OCc2ccccc2)c(Br)c1. The molecule has 0 bridgehead atoms.